The highest BCUT2D eigenvalue weighted by molar-refractivity contribution is 7.89. The van der Waals surface area contributed by atoms with E-state index >= 15 is 0 Å². The lowest BCUT2D eigenvalue weighted by Gasteiger charge is -2.08. The normalized spacial score (nSPS) is 13.4. The number of nitrogens with two attached hydrogens (primary N) is 1. The van der Waals surface area contributed by atoms with Crippen LogP contribution in [0, 0.1) is 0 Å². The molecule has 0 radical (unpaired) electrons. The van der Waals surface area contributed by atoms with Crippen molar-refractivity contribution in [3.8, 4) is 5.75 Å². The van der Waals surface area contributed by atoms with E-state index in [0.717, 1.165) is 5.56 Å². The lowest BCUT2D eigenvalue weighted by atomic mass is 10.1. The molecule has 2 aromatic rings. The highest BCUT2D eigenvalue weighted by Crippen LogP contribution is 2.30. The zero-order valence-electron chi connectivity index (χ0n) is 12.1. The third-order valence-corrected chi connectivity index (χ3v) is 4.62. The van der Waals surface area contributed by atoms with Crippen LogP contribution in [0.25, 0.3) is 0 Å². The van der Waals surface area contributed by atoms with E-state index in [1.54, 1.807) is 18.2 Å². The van der Waals surface area contributed by atoms with E-state index in [1.807, 2.05) is 6.92 Å². The van der Waals surface area contributed by atoms with Gasteiger partial charge in [-0.15, -0.1) is 0 Å². The van der Waals surface area contributed by atoms with Gasteiger partial charge >= 0.3 is 0 Å². The number of phenols is 1. The average molecular weight is 373 g/mol. The Kier molecular flexibility index (Phi) is 5.31. The molecular formula is C15H14Cl2N2O3S. The molecule has 3 N–H and O–H groups in total. The van der Waals surface area contributed by atoms with Crippen molar-refractivity contribution in [2.75, 3.05) is 0 Å². The van der Waals surface area contributed by atoms with Crippen molar-refractivity contribution in [1.82, 2.24) is 0 Å². The van der Waals surface area contributed by atoms with Crippen LogP contribution in [0.3, 0.4) is 0 Å². The highest BCUT2D eigenvalue weighted by atomic mass is 35.5. The fourth-order valence-corrected chi connectivity index (χ4v) is 2.92. The first-order chi connectivity index (χ1) is 10.7. The molecule has 0 aromatic heterocycles. The molecule has 0 heterocycles. The minimum absolute atomic E-state index is 0.0386. The first-order valence-corrected chi connectivity index (χ1v) is 8.82. The molecule has 0 bridgehead atoms. The molecule has 2 rings (SSSR count). The summed E-state index contributed by atoms with van der Waals surface area (Å²) in [4.78, 5) is 4.36. The van der Waals surface area contributed by atoms with Gasteiger partial charge in [-0.2, -0.15) is 0 Å². The number of hydrogen-bond donors (Lipinski definition) is 2. The first-order valence-electron chi connectivity index (χ1n) is 6.52. The number of nitrogens with zero attached hydrogens (tertiary/aromatic N) is 1. The third-order valence-electron chi connectivity index (χ3n) is 3.19. The quantitative estimate of drug-likeness (QED) is 0.803. The topological polar surface area (TPSA) is 92.8 Å². The van der Waals surface area contributed by atoms with E-state index in [4.69, 9.17) is 28.3 Å². The van der Waals surface area contributed by atoms with Crippen molar-refractivity contribution in [3.63, 3.8) is 0 Å². The van der Waals surface area contributed by atoms with Gasteiger partial charge in [-0.1, -0.05) is 35.3 Å². The average Bonchev–Trinajstić information content (AvgIpc) is 2.48. The molecule has 8 heteroatoms. The minimum atomic E-state index is -3.72. The van der Waals surface area contributed by atoms with Crippen molar-refractivity contribution in [3.05, 3.63) is 57.6 Å². The van der Waals surface area contributed by atoms with Crippen LogP contribution in [0.15, 0.2) is 46.3 Å². The number of hydrogen-bond acceptors (Lipinski definition) is 4. The SMILES string of the molecule is C[C@@H](N=Cc1cc(Cl)cc(Cl)c1O)c1ccc(S(N)(=O)=O)cc1. The zero-order valence-corrected chi connectivity index (χ0v) is 14.4. The van der Waals surface area contributed by atoms with E-state index < -0.39 is 10.0 Å². The highest BCUT2D eigenvalue weighted by Gasteiger charge is 2.10. The number of aliphatic imine (C=N–C) groups is 1. The Morgan fingerprint density at radius 3 is 2.39 bits per heavy atom. The van der Waals surface area contributed by atoms with Gasteiger partial charge in [-0.25, -0.2) is 13.6 Å². The van der Waals surface area contributed by atoms with E-state index in [0.29, 0.717) is 10.6 Å². The van der Waals surface area contributed by atoms with Crippen molar-refractivity contribution in [2.24, 2.45) is 10.1 Å². The molecule has 0 spiro atoms. The summed E-state index contributed by atoms with van der Waals surface area (Å²) in [6.07, 6.45) is 1.46. The van der Waals surface area contributed by atoms with Crippen molar-refractivity contribution in [2.45, 2.75) is 17.9 Å². The van der Waals surface area contributed by atoms with Gasteiger partial charge in [0.25, 0.3) is 0 Å². The fraction of sp³-hybridized carbons (Fsp3) is 0.133. The zero-order chi connectivity index (χ0) is 17.2. The number of halogens is 2. The van der Waals surface area contributed by atoms with E-state index in [2.05, 4.69) is 4.99 Å². The lowest BCUT2D eigenvalue weighted by Crippen LogP contribution is -2.12. The molecule has 0 fully saturated rings. The third kappa shape index (κ3) is 4.45. The van der Waals surface area contributed by atoms with Crippen LogP contribution in [-0.4, -0.2) is 19.7 Å². The van der Waals surface area contributed by atoms with Gasteiger partial charge < -0.3 is 5.11 Å². The molecule has 23 heavy (non-hydrogen) atoms. The Hall–Kier alpha value is -1.60. The summed E-state index contributed by atoms with van der Waals surface area (Å²) in [5.41, 5.74) is 1.19. The van der Waals surface area contributed by atoms with Crippen LogP contribution in [-0.2, 0) is 10.0 Å². The van der Waals surface area contributed by atoms with Crippen molar-refractivity contribution < 1.29 is 13.5 Å². The number of primary sulfonamides is 1. The number of phenolic OH excluding ortho intramolecular Hbond substituents is 1. The monoisotopic (exact) mass is 372 g/mol. The second kappa shape index (κ2) is 6.88. The van der Waals surface area contributed by atoms with Gasteiger partial charge in [0, 0.05) is 16.8 Å². The van der Waals surface area contributed by atoms with Crippen LogP contribution >= 0.6 is 23.2 Å². The lowest BCUT2D eigenvalue weighted by molar-refractivity contribution is 0.474. The van der Waals surface area contributed by atoms with E-state index in [9.17, 15) is 13.5 Å². The molecule has 2 aromatic carbocycles. The molecule has 0 saturated carbocycles. The Morgan fingerprint density at radius 1 is 1.22 bits per heavy atom. The molecule has 0 aliphatic rings. The van der Waals surface area contributed by atoms with Crippen LogP contribution in [0.1, 0.15) is 24.1 Å². The number of benzene rings is 2. The Bertz CT molecular complexity index is 850. The van der Waals surface area contributed by atoms with Crippen LogP contribution in [0.2, 0.25) is 10.0 Å². The molecule has 0 unspecified atom stereocenters. The van der Waals surface area contributed by atoms with Gasteiger partial charge in [-0.3, -0.25) is 4.99 Å². The molecule has 0 saturated heterocycles. The van der Waals surface area contributed by atoms with Gasteiger partial charge in [0.1, 0.15) is 5.75 Å². The number of aromatic hydroxyl groups is 1. The largest absolute Gasteiger partial charge is 0.506 e. The van der Waals surface area contributed by atoms with Gasteiger partial charge in [0.15, 0.2) is 0 Å². The van der Waals surface area contributed by atoms with Crippen LogP contribution in [0.4, 0.5) is 0 Å². The first kappa shape index (κ1) is 17.7. The van der Waals surface area contributed by atoms with Crippen LogP contribution < -0.4 is 5.14 Å². The number of rotatable bonds is 4. The maximum absolute atomic E-state index is 11.2. The second-order valence-electron chi connectivity index (χ2n) is 4.89. The van der Waals surface area contributed by atoms with Gasteiger partial charge in [-0.05, 0) is 36.8 Å². The van der Waals surface area contributed by atoms with Gasteiger partial charge in [0.2, 0.25) is 10.0 Å². The summed E-state index contributed by atoms with van der Waals surface area (Å²) in [7, 11) is -3.72. The Morgan fingerprint density at radius 2 is 1.83 bits per heavy atom. The molecule has 0 amide bonds. The minimum Gasteiger partial charge on any atom is -0.506 e. The standard InChI is InChI=1S/C15H14Cl2N2O3S/c1-9(10-2-4-13(5-3-10)23(18,21)22)19-8-11-6-12(16)7-14(17)15(11)20/h2-9,20H,1H3,(H2,18,21,22)/t9-/m1/s1. The molecule has 0 aliphatic heterocycles. The maximum atomic E-state index is 11.2. The summed E-state index contributed by atoms with van der Waals surface area (Å²) in [5, 5.41) is 15.5. The molecule has 5 nitrogen and oxygen atoms in total. The van der Waals surface area contributed by atoms with Crippen LogP contribution in [0.5, 0.6) is 5.75 Å². The predicted octanol–water partition coefficient (Wildman–Crippen LogP) is 3.53. The molecule has 1 atom stereocenters. The molecule has 122 valence electrons. The number of sulfonamides is 1. The Balaban J connectivity index is 2.24. The summed E-state index contributed by atoms with van der Waals surface area (Å²) >= 11 is 11.7. The summed E-state index contributed by atoms with van der Waals surface area (Å²) < 4.78 is 22.4. The van der Waals surface area contributed by atoms with E-state index in [-0.39, 0.29) is 21.7 Å². The summed E-state index contributed by atoms with van der Waals surface area (Å²) in [6.45, 7) is 1.83. The second-order valence-corrected chi connectivity index (χ2v) is 7.30. The summed E-state index contributed by atoms with van der Waals surface area (Å²) in [5.74, 6) is -0.100. The van der Waals surface area contributed by atoms with Crippen molar-refractivity contribution in [1.29, 1.82) is 0 Å². The fourth-order valence-electron chi connectivity index (χ4n) is 1.90. The maximum Gasteiger partial charge on any atom is 0.238 e. The Labute approximate surface area is 144 Å². The predicted molar refractivity (Wildman–Crippen MR) is 92.0 cm³/mol. The molecular weight excluding hydrogens is 359 g/mol. The molecule has 0 aliphatic carbocycles. The van der Waals surface area contributed by atoms with E-state index in [1.165, 1.54) is 24.4 Å². The van der Waals surface area contributed by atoms with Crippen molar-refractivity contribution >= 4 is 39.4 Å². The smallest absolute Gasteiger partial charge is 0.238 e. The summed E-state index contributed by atoms with van der Waals surface area (Å²) in [6, 6.07) is 8.82. The van der Waals surface area contributed by atoms with Gasteiger partial charge in [0.05, 0.1) is 16.0 Å².